The molecular formula is C25H25F2N5O2. The van der Waals surface area contributed by atoms with Crippen LogP contribution in [0.15, 0.2) is 36.4 Å². The number of nitrogens with zero attached hydrogens (tertiary/aromatic N) is 4. The first-order valence-electron chi connectivity index (χ1n) is 11.0. The van der Waals surface area contributed by atoms with Crippen molar-refractivity contribution in [3.63, 3.8) is 0 Å². The van der Waals surface area contributed by atoms with Gasteiger partial charge in [-0.15, -0.1) is 0 Å². The molecule has 0 bridgehead atoms. The van der Waals surface area contributed by atoms with Crippen LogP contribution in [0.1, 0.15) is 53.5 Å². The maximum absolute atomic E-state index is 14.5. The summed E-state index contributed by atoms with van der Waals surface area (Å²) in [5, 5.41) is 22.4. The van der Waals surface area contributed by atoms with Crippen LogP contribution >= 0.6 is 0 Å². The second-order valence-corrected chi connectivity index (χ2v) is 8.82. The molecule has 9 heteroatoms. The molecule has 1 fully saturated rings. The molecule has 2 aromatic carbocycles. The van der Waals surface area contributed by atoms with Crippen LogP contribution in [-0.2, 0) is 0 Å². The number of carboxylic acids is 1. The largest absolute Gasteiger partial charge is 0.478 e. The van der Waals surface area contributed by atoms with Crippen molar-refractivity contribution in [3.8, 4) is 6.07 Å². The number of hydrogen-bond acceptors (Lipinski definition) is 6. The fourth-order valence-electron chi connectivity index (χ4n) is 4.29. The zero-order valence-electron chi connectivity index (χ0n) is 19.1. The van der Waals surface area contributed by atoms with Crippen molar-refractivity contribution in [2.45, 2.75) is 39.2 Å². The van der Waals surface area contributed by atoms with Gasteiger partial charge in [0.1, 0.15) is 6.07 Å². The second-order valence-electron chi connectivity index (χ2n) is 8.82. The Morgan fingerprint density at radius 2 is 2.06 bits per heavy atom. The van der Waals surface area contributed by atoms with E-state index in [1.807, 2.05) is 26.0 Å². The summed E-state index contributed by atoms with van der Waals surface area (Å²) in [5.41, 5.74) is 3.16. The third kappa shape index (κ3) is 4.36. The standard InChI is InChI=1S/C25H25F2N5O2/c1-14-10-18(16(3)29-19-7-5-4-6-17(19)24(33)34)22-20(11-14)30-21(12-28)23(31-22)32-9-8-15(2)25(26,27)13-32/h4-7,10-11,15-16,29H,8-9,13H2,1-3H3,(H,33,34)/t15?,16-/m1/s1. The number of anilines is 2. The first-order valence-corrected chi connectivity index (χ1v) is 11.0. The minimum atomic E-state index is -2.90. The monoisotopic (exact) mass is 465 g/mol. The Morgan fingerprint density at radius 3 is 2.74 bits per heavy atom. The lowest BCUT2D eigenvalue weighted by atomic mass is 9.95. The number of rotatable bonds is 5. The average molecular weight is 466 g/mol. The van der Waals surface area contributed by atoms with Crippen LogP contribution in [-0.4, -0.2) is 40.1 Å². The van der Waals surface area contributed by atoms with Crippen molar-refractivity contribution in [2.24, 2.45) is 5.92 Å². The summed E-state index contributed by atoms with van der Waals surface area (Å²) in [5.74, 6) is -4.55. The molecule has 1 aliphatic rings. The van der Waals surface area contributed by atoms with Gasteiger partial charge in [-0.2, -0.15) is 5.26 Å². The van der Waals surface area contributed by atoms with Gasteiger partial charge in [0.25, 0.3) is 5.92 Å². The van der Waals surface area contributed by atoms with E-state index in [4.69, 9.17) is 0 Å². The van der Waals surface area contributed by atoms with Gasteiger partial charge in [-0.3, -0.25) is 0 Å². The zero-order chi connectivity index (χ0) is 24.6. The molecule has 3 aromatic rings. The molecule has 1 unspecified atom stereocenters. The van der Waals surface area contributed by atoms with Gasteiger partial charge >= 0.3 is 5.97 Å². The summed E-state index contributed by atoms with van der Waals surface area (Å²) in [7, 11) is 0. The van der Waals surface area contributed by atoms with Crippen LogP contribution in [0.2, 0.25) is 0 Å². The minimum Gasteiger partial charge on any atom is -0.478 e. The molecule has 0 radical (unpaired) electrons. The number of aromatic carboxylic acids is 1. The summed E-state index contributed by atoms with van der Waals surface area (Å²) in [6.45, 7) is 5.10. The van der Waals surface area contributed by atoms with E-state index in [-0.39, 0.29) is 29.5 Å². The molecule has 176 valence electrons. The molecule has 4 rings (SSSR count). The number of carbonyl (C=O) groups is 1. The highest BCUT2D eigenvalue weighted by molar-refractivity contribution is 5.94. The molecule has 0 aliphatic carbocycles. The minimum absolute atomic E-state index is 0.00578. The van der Waals surface area contributed by atoms with Crippen molar-refractivity contribution < 1.29 is 18.7 Å². The number of carboxylic acid groups (broad SMARTS) is 1. The van der Waals surface area contributed by atoms with E-state index in [0.29, 0.717) is 23.3 Å². The lowest BCUT2D eigenvalue weighted by Crippen LogP contribution is -2.48. The third-order valence-electron chi connectivity index (χ3n) is 6.28. The highest BCUT2D eigenvalue weighted by Crippen LogP contribution is 2.36. The van der Waals surface area contributed by atoms with Gasteiger partial charge in [-0.25, -0.2) is 23.5 Å². The number of piperidine rings is 1. The number of benzene rings is 2. The summed E-state index contributed by atoms with van der Waals surface area (Å²) in [6.07, 6.45) is 0.280. The normalized spacial score (nSPS) is 18.4. The number of halogens is 2. The van der Waals surface area contributed by atoms with Crippen LogP contribution in [0, 0.1) is 24.2 Å². The average Bonchev–Trinajstić information content (AvgIpc) is 2.79. The van der Waals surface area contributed by atoms with Gasteiger partial charge in [-0.05, 0) is 44.0 Å². The Bertz CT molecular complexity index is 1300. The predicted octanol–water partition coefficient (Wildman–Crippen LogP) is 5.16. The van der Waals surface area contributed by atoms with E-state index in [2.05, 4.69) is 15.3 Å². The molecule has 2 N–H and O–H groups in total. The Labute approximate surface area is 196 Å². The number of aromatic nitrogens is 2. The first kappa shape index (κ1) is 23.4. The van der Waals surface area contributed by atoms with Crippen molar-refractivity contribution >= 4 is 28.5 Å². The summed E-state index contributed by atoms with van der Waals surface area (Å²) < 4.78 is 28.9. The molecule has 0 amide bonds. The number of fused-ring (bicyclic) bond motifs is 1. The van der Waals surface area contributed by atoms with Crippen LogP contribution < -0.4 is 10.2 Å². The van der Waals surface area contributed by atoms with E-state index >= 15 is 0 Å². The number of para-hydroxylation sites is 1. The number of hydrogen-bond donors (Lipinski definition) is 2. The smallest absolute Gasteiger partial charge is 0.337 e. The maximum Gasteiger partial charge on any atom is 0.337 e. The van der Waals surface area contributed by atoms with Crippen LogP contribution in [0.25, 0.3) is 11.0 Å². The fraction of sp³-hybridized carbons (Fsp3) is 0.360. The van der Waals surface area contributed by atoms with Crippen molar-refractivity contribution in [1.29, 1.82) is 5.26 Å². The second kappa shape index (κ2) is 8.86. The number of aryl methyl sites for hydroxylation is 1. The Morgan fingerprint density at radius 1 is 1.32 bits per heavy atom. The number of nitrogens with one attached hydrogen (secondary N) is 1. The SMILES string of the molecule is Cc1cc([C@@H](C)Nc2ccccc2C(=O)O)c2nc(N3CCC(C)C(F)(F)C3)c(C#N)nc2c1. The van der Waals surface area contributed by atoms with E-state index < -0.39 is 24.4 Å². The lowest BCUT2D eigenvalue weighted by molar-refractivity contribution is -0.0573. The fourth-order valence-corrected chi connectivity index (χ4v) is 4.29. The number of nitriles is 1. The molecule has 0 spiro atoms. The van der Waals surface area contributed by atoms with E-state index in [1.165, 1.54) is 17.9 Å². The van der Waals surface area contributed by atoms with E-state index in [9.17, 15) is 23.9 Å². The molecule has 34 heavy (non-hydrogen) atoms. The quantitative estimate of drug-likeness (QED) is 0.536. The highest BCUT2D eigenvalue weighted by Gasteiger charge is 2.42. The van der Waals surface area contributed by atoms with Gasteiger partial charge < -0.3 is 15.3 Å². The summed E-state index contributed by atoms with van der Waals surface area (Å²) in [4.78, 5) is 22.2. The van der Waals surface area contributed by atoms with E-state index in [1.54, 1.807) is 24.3 Å². The van der Waals surface area contributed by atoms with Crippen LogP contribution in [0.4, 0.5) is 20.3 Å². The van der Waals surface area contributed by atoms with Crippen molar-refractivity contribution in [1.82, 2.24) is 9.97 Å². The molecule has 1 saturated heterocycles. The molecule has 7 nitrogen and oxygen atoms in total. The van der Waals surface area contributed by atoms with Gasteiger partial charge in [0.2, 0.25) is 0 Å². The molecule has 2 atom stereocenters. The zero-order valence-corrected chi connectivity index (χ0v) is 19.1. The van der Waals surface area contributed by atoms with Gasteiger partial charge in [0.15, 0.2) is 11.5 Å². The predicted molar refractivity (Wildman–Crippen MR) is 125 cm³/mol. The molecule has 1 aliphatic heterocycles. The Kier molecular flexibility index (Phi) is 6.09. The van der Waals surface area contributed by atoms with Crippen molar-refractivity contribution in [3.05, 3.63) is 58.8 Å². The maximum atomic E-state index is 14.5. The first-order chi connectivity index (χ1) is 16.1. The third-order valence-corrected chi connectivity index (χ3v) is 6.28. The Balaban J connectivity index is 1.80. The van der Waals surface area contributed by atoms with Crippen LogP contribution in [0.5, 0.6) is 0 Å². The number of alkyl halides is 2. The summed E-state index contributed by atoms with van der Waals surface area (Å²) in [6, 6.07) is 11.9. The summed E-state index contributed by atoms with van der Waals surface area (Å²) >= 11 is 0. The molecule has 2 heterocycles. The van der Waals surface area contributed by atoms with Crippen molar-refractivity contribution in [2.75, 3.05) is 23.3 Å². The van der Waals surface area contributed by atoms with Gasteiger partial charge in [0, 0.05) is 23.7 Å². The highest BCUT2D eigenvalue weighted by atomic mass is 19.3. The van der Waals surface area contributed by atoms with Gasteiger partial charge in [-0.1, -0.05) is 25.1 Å². The lowest BCUT2D eigenvalue weighted by Gasteiger charge is -2.37. The molecule has 1 aromatic heterocycles. The Hall–Kier alpha value is -3.80. The van der Waals surface area contributed by atoms with E-state index in [0.717, 1.165) is 11.1 Å². The molecular weight excluding hydrogens is 440 g/mol. The van der Waals surface area contributed by atoms with Crippen LogP contribution in [0.3, 0.4) is 0 Å². The topological polar surface area (TPSA) is 102 Å². The molecule has 0 saturated carbocycles. The van der Waals surface area contributed by atoms with Gasteiger partial charge in [0.05, 0.1) is 29.2 Å².